The van der Waals surface area contributed by atoms with Gasteiger partial charge in [0.1, 0.15) is 6.04 Å². The molecule has 1 aromatic heterocycles. The van der Waals surface area contributed by atoms with Crippen molar-refractivity contribution in [3.63, 3.8) is 0 Å². The Bertz CT molecular complexity index is 666. The number of aromatic nitrogens is 2. The summed E-state index contributed by atoms with van der Waals surface area (Å²) in [7, 11) is 1.67. The second-order valence-corrected chi connectivity index (χ2v) is 5.70. The molecule has 122 valence electrons. The topological polar surface area (TPSA) is 68.5 Å². The van der Waals surface area contributed by atoms with Gasteiger partial charge >= 0.3 is 0 Å². The summed E-state index contributed by atoms with van der Waals surface area (Å²) >= 11 is 0. The lowest BCUT2D eigenvalue weighted by Crippen LogP contribution is -2.29. The van der Waals surface area contributed by atoms with Crippen LogP contribution in [0.4, 0.5) is 0 Å². The molecule has 0 N–H and O–H groups in total. The summed E-state index contributed by atoms with van der Waals surface area (Å²) in [5, 5.41) is 4.07. The molecule has 6 nitrogen and oxygen atoms in total. The van der Waals surface area contributed by atoms with E-state index in [1.165, 1.54) is 0 Å². The Balaban J connectivity index is 1.80. The molecule has 0 saturated carbocycles. The van der Waals surface area contributed by atoms with Crippen LogP contribution in [-0.2, 0) is 16.1 Å². The zero-order chi connectivity index (χ0) is 16.2. The minimum absolute atomic E-state index is 0.126. The molecule has 0 spiro atoms. The molecule has 0 aliphatic carbocycles. The summed E-state index contributed by atoms with van der Waals surface area (Å²) in [6, 6.07) is 7.74. The van der Waals surface area contributed by atoms with Crippen LogP contribution >= 0.6 is 0 Å². The van der Waals surface area contributed by atoms with E-state index in [4.69, 9.17) is 9.26 Å². The second kappa shape index (κ2) is 6.91. The molecule has 1 aromatic carbocycles. The number of carbonyl (C=O) groups excluding carboxylic acids is 1. The molecule has 0 radical (unpaired) electrons. The van der Waals surface area contributed by atoms with Crippen molar-refractivity contribution >= 4 is 5.91 Å². The Kier molecular flexibility index (Phi) is 4.71. The van der Waals surface area contributed by atoms with Crippen LogP contribution in [0.25, 0.3) is 11.4 Å². The molecule has 1 saturated heterocycles. The fourth-order valence-electron chi connectivity index (χ4n) is 2.93. The van der Waals surface area contributed by atoms with Gasteiger partial charge in [-0.15, -0.1) is 0 Å². The highest BCUT2D eigenvalue weighted by Gasteiger charge is 2.31. The third kappa shape index (κ3) is 3.27. The summed E-state index contributed by atoms with van der Waals surface area (Å²) in [6.07, 6.45) is 2.27. The van der Waals surface area contributed by atoms with Crippen LogP contribution in [0, 0.1) is 0 Å². The number of amides is 1. The first-order valence-corrected chi connectivity index (χ1v) is 7.94. The van der Waals surface area contributed by atoms with Gasteiger partial charge in [-0.05, 0) is 18.4 Å². The van der Waals surface area contributed by atoms with Crippen molar-refractivity contribution in [2.45, 2.75) is 38.8 Å². The lowest BCUT2D eigenvalue weighted by Gasteiger charge is -2.23. The molecule has 2 heterocycles. The molecule has 6 heteroatoms. The third-order valence-electron chi connectivity index (χ3n) is 4.12. The lowest BCUT2D eigenvalue weighted by molar-refractivity contribution is -0.130. The van der Waals surface area contributed by atoms with Gasteiger partial charge in [0.05, 0.1) is 6.61 Å². The number of methoxy groups -OCH3 is 1. The number of nitrogens with zero attached hydrogens (tertiary/aromatic N) is 3. The fourth-order valence-corrected chi connectivity index (χ4v) is 2.93. The fraction of sp³-hybridized carbons (Fsp3) is 0.471. The quantitative estimate of drug-likeness (QED) is 0.820. The SMILES string of the molecule is CCC(c1nc(-c2ccc(COC)cc2)no1)N1CCCC1=O. The van der Waals surface area contributed by atoms with E-state index in [9.17, 15) is 4.79 Å². The third-order valence-corrected chi connectivity index (χ3v) is 4.12. The van der Waals surface area contributed by atoms with Gasteiger partial charge in [-0.25, -0.2) is 0 Å². The molecule has 1 amide bonds. The zero-order valence-corrected chi connectivity index (χ0v) is 13.5. The van der Waals surface area contributed by atoms with Crippen molar-refractivity contribution in [1.82, 2.24) is 15.0 Å². The predicted molar refractivity (Wildman–Crippen MR) is 84.4 cm³/mol. The summed E-state index contributed by atoms with van der Waals surface area (Å²) < 4.78 is 10.5. The van der Waals surface area contributed by atoms with Crippen LogP contribution in [0.2, 0.25) is 0 Å². The van der Waals surface area contributed by atoms with Crippen LogP contribution in [0.3, 0.4) is 0 Å². The first kappa shape index (κ1) is 15.7. The summed E-state index contributed by atoms with van der Waals surface area (Å²) in [5.41, 5.74) is 1.98. The van der Waals surface area contributed by atoms with E-state index >= 15 is 0 Å². The van der Waals surface area contributed by atoms with Crippen LogP contribution < -0.4 is 0 Å². The zero-order valence-electron chi connectivity index (χ0n) is 13.5. The Morgan fingerprint density at radius 1 is 1.35 bits per heavy atom. The number of likely N-dealkylation sites (tertiary alicyclic amines) is 1. The number of hydrogen-bond acceptors (Lipinski definition) is 5. The molecule has 1 atom stereocenters. The van der Waals surface area contributed by atoms with Crippen molar-refractivity contribution in [3.05, 3.63) is 35.7 Å². The molecule has 23 heavy (non-hydrogen) atoms. The Hall–Kier alpha value is -2.21. The van der Waals surface area contributed by atoms with Gasteiger partial charge in [-0.1, -0.05) is 36.3 Å². The number of hydrogen-bond donors (Lipinski definition) is 0. The second-order valence-electron chi connectivity index (χ2n) is 5.70. The van der Waals surface area contributed by atoms with Crippen molar-refractivity contribution in [2.75, 3.05) is 13.7 Å². The van der Waals surface area contributed by atoms with Crippen LogP contribution in [0.1, 0.15) is 43.7 Å². The first-order valence-electron chi connectivity index (χ1n) is 7.94. The summed E-state index contributed by atoms with van der Waals surface area (Å²) in [6.45, 7) is 3.37. The lowest BCUT2D eigenvalue weighted by atomic mass is 10.1. The standard InChI is InChI=1S/C17H21N3O3/c1-3-14(20-10-4-5-15(20)21)17-18-16(19-23-17)13-8-6-12(7-9-13)11-22-2/h6-9,14H,3-5,10-11H2,1-2H3. The summed E-state index contributed by atoms with van der Waals surface area (Å²) in [4.78, 5) is 18.3. The van der Waals surface area contributed by atoms with Crippen LogP contribution in [-0.4, -0.2) is 34.6 Å². The van der Waals surface area contributed by atoms with E-state index < -0.39 is 0 Å². The number of benzene rings is 1. The molecule has 3 rings (SSSR count). The van der Waals surface area contributed by atoms with Gasteiger partial charge in [-0.3, -0.25) is 4.79 Å². The Labute approximate surface area is 135 Å². The molecular formula is C17H21N3O3. The van der Waals surface area contributed by atoms with Gasteiger partial charge < -0.3 is 14.2 Å². The maximum atomic E-state index is 11.9. The normalized spacial score (nSPS) is 16.1. The van der Waals surface area contributed by atoms with Crippen molar-refractivity contribution < 1.29 is 14.1 Å². The number of rotatable bonds is 6. The smallest absolute Gasteiger partial charge is 0.249 e. The molecule has 1 unspecified atom stereocenters. The maximum absolute atomic E-state index is 11.9. The molecule has 2 aromatic rings. The molecule has 1 aliphatic heterocycles. The van der Waals surface area contributed by atoms with Crippen LogP contribution in [0.15, 0.2) is 28.8 Å². The number of carbonyl (C=O) groups is 1. The van der Waals surface area contributed by atoms with Crippen molar-refractivity contribution in [3.8, 4) is 11.4 Å². The van der Waals surface area contributed by atoms with Gasteiger partial charge in [0.15, 0.2) is 0 Å². The van der Waals surface area contributed by atoms with E-state index in [2.05, 4.69) is 10.1 Å². The highest BCUT2D eigenvalue weighted by atomic mass is 16.5. The average molecular weight is 315 g/mol. The average Bonchev–Trinajstić information content (AvgIpc) is 3.20. The highest BCUT2D eigenvalue weighted by Crippen LogP contribution is 2.29. The maximum Gasteiger partial charge on any atom is 0.249 e. The Morgan fingerprint density at radius 3 is 2.74 bits per heavy atom. The summed E-state index contributed by atoms with van der Waals surface area (Å²) in [5.74, 6) is 1.23. The Morgan fingerprint density at radius 2 is 2.13 bits per heavy atom. The monoisotopic (exact) mass is 315 g/mol. The number of ether oxygens (including phenoxy) is 1. The largest absolute Gasteiger partial charge is 0.380 e. The van der Waals surface area contributed by atoms with E-state index in [-0.39, 0.29) is 11.9 Å². The van der Waals surface area contributed by atoms with Crippen molar-refractivity contribution in [2.24, 2.45) is 0 Å². The first-order chi connectivity index (χ1) is 11.2. The van der Waals surface area contributed by atoms with Gasteiger partial charge in [0, 0.05) is 25.6 Å². The minimum atomic E-state index is -0.126. The van der Waals surface area contributed by atoms with Gasteiger partial charge in [0.2, 0.25) is 17.6 Å². The molecular weight excluding hydrogens is 294 g/mol. The molecule has 0 bridgehead atoms. The van der Waals surface area contributed by atoms with E-state index in [0.29, 0.717) is 24.7 Å². The van der Waals surface area contributed by atoms with E-state index in [1.54, 1.807) is 7.11 Å². The molecule has 1 fully saturated rings. The van der Waals surface area contributed by atoms with E-state index in [0.717, 1.165) is 30.5 Å². The molecule has 1 aliphatic rings. The van der Waals surface area contributed by atoms with Gasteiger partial charge in [0.25, 0.3) is 0 Å². The minimum Gasteiger partial charge on any atom is -0.380 e. The van der Waals surface area contributed by atoms with Crippen molar-refractivity contribution in [1.29, 1.82) is 0 Å². The highest BCUT2D eigenvalue weighted by molar-refractivity contribution is 5.78. The predicted octanol–water partition coefficient (Wildman–Crippen LogP) is 2.96. The van der Waals surface area contributed by atoms with E-state index in [1.807, 2.05) is 36.1 Å². The van der Waals surface area contributed by atoms with Gasteiger partial charge in [-0.2, -0.15) is 4.98 Å². The van der Waals surface area contributed by atoms with Crippen LogP contribution in [0.5, 0.6) is 0 Å².